The molecule has 0 aliphatic carbocycles. The summed E-state index contributed by atoms with van der Waals surface area (Å²) in [6.45, 7) is 13.3. The Bertz CT molecular complexity index is 510. The second-order valence-corrected chi connectivity index (χ2v) is 7.56. The van der Waals surface area contributed by atoms with Gasteiger partial charge in [0.25, 0.3) is 0 Å². The van der Waals surface area contributed by atoms with Gasteiger partial charge in [0.2, 0.25) is 5.91 Å². The molecule has 1 atom stereocenters. The molecule has 1 fully saturated rings. The Balaban J connectivity index is 2.11. The van der Waals surface area contributed by atoms with E-state index in [1.807, 2.05) is 4.90 Å². The molecule has 3 nitrogen and oxygen atoms in total. The van der Waals surface area contributed by atoms with Gasteiger partial charge in [-0.3, -0.25) is 4.79 Å². The molecular formula is C20H32N2O. The molecule has 0 radical (unpaired) electrons. The third-order valence-electron chi connectivity index (χ3n) is 4.80. The summed E-state index contributed by atoms with van der Waals surface area (Å²) in [6, 6.07) is 6.47. The number of carbonyl (C=O) groups excluding carboxylic acids is 1. The lowest BCUT2D eigenvalue weighted by Crippen LogP contribution is -2.42. The molecule has 1 saturated heterocycles. The van der Waals surface area contributed by atoms with Gasteiger partial charge in [-0.05, 0) is 41.7 Å². The Morgan fingerprint density at radius 1 is 1.22 bits per heavy atom. The van der Waals surface area contributed by atoms with Crippen LogP contribution < -0.4 is 5.32 Å². The van der Waals surface area contributed by atoms with E-state index in [4.69, 9.17) is 0 Å². The number of benzene rings is 1. The van der Waals surface area contributed by atoms with Crippen molar-refractivity contribution in [3.63, 3.8) is 0 Å². The fraction of sp³-hybridized carbons (Fsp3) is 0.650. The Morgan fingerprint density at radius 2 is 1.83 bits per heavy atom. The van der Waals surface area contributed by atoms with Gasteiger partial charge in [-0.25, -0.2) is 0 Å². The predicted octanol–water partition coefficient (Wildman–Crippen LogP) is 4.60. The van der Waals surface area contributed by atoms with Crippen molar-refractivity contribution in [1.29, 1.82) is 0 Å². The molecule has 1 heterocycles. The molecule has 1 N–H and O–H groups in total. The summed E-state index contributed by atoms with van der Waals surface area (Å²) in [5.41, 5.74) is 3.77. The minimum Gasteiger partial charge on any atom is -0.376 e. The largest absolute Gasteiger partial charge is 0.376 e. The van der Waals surface area contributed by atoms with Gasteiger partial charge in [-0.2, -0.15) is 0 Å². The Morgan fingerprint density at radius 3 is 2.35 bits per heavy atom. The molecule has 0 aromatic heterocycles. The first-order valence-electron chi connectivity index (χ1n) is 9.04. The van der Waals surface area contributed by atoms with E-state index in [0.717, 1.165) is 25.2 Å². The maximum atomic E-state index is 12.5. The summed E-state index contributed by atoms with van der Waals surface area (Å²) in [6.07, 6.45) is 2.37. The van der Waals surface area contributed by atoms with Gasteiger partial charge < -0.3 is 10.2 Å². The van der Waals surface area contributed by atoms with Gasteiger partial charge in [0.1, 0.15) is 0 Å². The molecule has 1 amide bonds. The van der Waals surface area contributed by atoms with E-state index in [1.165, 1.54) is 17.5 Å². The zero-order valence-electron chi connectivity index (χ0n) is 15.4. The first kappa shape index (κ1) is 17.8. The Hall–Kier alpha value is -1.51. The van der Waals surface area contributed by atoms with Crippen LogP contribution in [0.5, 0.6) is 0 Å². The number of hydrogen-bond acceptors (Lipinski definition) is 2. The molecule has 128 valence electrons. The summed E-state index contributed by atoms with van der Waals surface area (Å²) in [5.74, 6) is 1.74. The van der Waals surface area contributed by atoms with Crippen molar-refractivity contribution in [2.45, 2.75) is 59.3 Å². The van der Waals surface area contributed by atoms with E-state index < -0.39 is 0 Å². The van der Waals surface area contributed by atoms with E-state index in [0.29, 0.717) is 24.3 Å². The molecule has 2 rings (SSSR count). The van der Waals surface area contributed by atoms with Gasteiger partial charge in [-0.15, -0.1) is 0 Å². The standard InChI is InChI=1S/C20H32N2O/c1-14(2)17-9-6-10-18(15(3)4)20(17)21-12-19(23)22-11-7-8-16(5)13-22/h6,9-10,14-16,21H,7-8,11-13H2,1-5H3. The summed E-state index contributed by atoms with van der Waals surface area (Å²) < 4.78 is 0. The fourth-order valence-electron chi connectivity index (χ4n) is 3.45. The average Bonchev–Trinajstić information content (AvgIpc) is 2.51. The van der Waals surface area contributed by atoms with E-state index in [-0.39, 0.29) is 5.91 Å². The average molecular weight is 316 g/mol. The van der Waals surface area contributed by atoms with Crippen LogP contribution >= 0.6 is 0 Å². The van der Waals surface area contributed by atoms with Crippen molar-refractivity contribution in [1.82, 2.24) is 4.90 Å². The Kier molecular flexibility index (Phi) is 6.09. The van der Waals surface area contributed by atoms with Crippen LogP contribution in [0.2, 0.25) is 0 Å². The van der Waals surface area contributed by atoms with Crippen molar-refractivity contribution in [2.75, 3.05) is 25.0 Å². The Labute approximate surface area is 141 Å². The number of rotatable bonds is 5. The highest BCUT2D eigenvalue weighted by Crippen LogP contribution is 2.32. The highest BCUT2D eigenvalue weighted by Gasteiger charge is 2.21. The molecule has 0 spiro atoms. The highest BCUT2D eigenvalue weighted by atomic mass is 16.2. The third kappa shape index (κ3) is 4.49. The van der Waals surface area contributed by atoms with Gasteiger partial charge >= 0.3 is 0 Å². The van der Waals surface area contributed by atoms with Crippen molar-refractivity contribution < 1.29 is 4.79 Å². The highest BCUT2D eigenvalue weighted by molar-refractivity contribution is 5.81. The number of piperidine rings is 1. The molecule has 3 heteroatoms. The van der Waals surface area contributed by atoms with Gasteiger partial charge in [0.15, 0.2) is 0 Å². The number of amides is 1. The summed E-state index contributed by atoms with van der Waals surface area (Å²) in [7, 11) is 0. The number of nitrogens with one attached hydrogen (secondary N) is 1. The van der Waals surface area contributed by atoms with Crippen LogP contribution in [-0.2, 0) is 4.79 Å². The second kappa shape index (κ2) is 7.85. The minimum absolute atomic E-state index is 0.227. The number of para-hydroxylation sites is 1. The second-order valence-electron chi connectivity index (χ2n) is 7.56. The molecule has 1 aromatic carbocycles. The molecule has 0 bridgehead atoms. The van der Waals surface area contributed by atoms with E-state index in [9.17, 15) is 4.79 Å². The van der Waals surface area contributed by atoms with E-state index >= 15 is 0 Å². The molecule has 1 aliphatic heterocycles. The minimum atomic E-state index is 0.227. The van der Waals surface area contributed by atoms with Crippen molar-refractivity contribution in [3.05, 3.63) is 29.3 Å². The lowest BCUT2D eigenvalue weighted by Gasteiger charge is -2.31. The van der Waals surface area contributed by atoms with Crippen molar-refractivity contribution >= 4 is 11.6 Å². The SMILES string of the molecule is CC1CCCN(C(=O)CNc2c(C(C)C)cccc2C(C)C)C1. The predicted molar refractivity (Wildman–Crippen MR) is 98.1 cm³/mol. The van der Waals surface area contributed by atoms with Crippen LogP contribution in [0.4, 0.5) is 5.69 Å². The topological polar surface area (TPSA) is 32.3 Å². The first-order valence-corrected chi connectivity index (χ1v) is 9.04. The molecule has 0 saturated carbocycles. The monoisotopic (exact) mass is 316 g/mol. The van der Waals surface area contributed by atoms with Gasteiger partial charge in [0.05, 0.1) is 6.54 Å². The normalized spacial score (nSPS) is 18.6. The van der Waals surface area contributed by atoms with Crippen LogP contribution in [0.15, 0.2) is 18.2 Å². The number of anilines is 1. The smallest absolute Gasteiger partial charge is 0.241 e. The molecule has 1 unspecified atom stereocenters. The zero-order valence-corrected chi connectivity index (χ0v) is 15.4. The summed E-state index contributed by atoms with van der Waals surface area (Å²) >= 11 is 0. The van der Waals surface area contributed by atoms with Crippen LogP contribution in [-0.4, -0.2) is 30.4 Å². The number of nitrogens with zero attached hydrogens (tertiary/aromatic N) is 1. The number of hydrogen-bond donors (Lipinski definition) is 1. The van der Waals surface area contributed by atoms with Gasteiger partial charge in [-0.1, -0.05) is 52.8 Å². The quantitative estimate of drug-likeness (QED) is 0.860. The summed E-state index contributed by atoms with van der Waals surface area (Å²) in [4.78, 5) is 14.6. The lowest BCUT2D eigenvalue weighted by atomic mass is 9.92. The van der Waals surface area contributed by atoms with Crippen LogP contribution in [0.25, 0.3) is 0 Å². The number of carbonyl (C=O) groups is 1. The molecular weight excluding hydrogens is 284 g/mol. The zero-order chi connectivity index (χ0) is 17.0. The van der Waals surface area contributed by atoms with E-state index in [2.05, 4.69) is 58.1 Å². The first-order chi connectivity index (χ1) is 10.9. The maximum Gasteiger partial charge on any atom is 0.241 e. The molecule has 1 aliphatic rings. The van der Waals surface area contributed by atoms with E-state index in [1.54, 1.807) is 0 Å². The van der Waals surface area contributed by atoms with Crippen LogP contribution in [0, 0.1) is 5.92 Å². The number of likely N-dealkylation sites (tertiary alicyclic amines) is 1. The van der Waals surface area contributed by atoms with Crippen molar-refractivity contribution in [3.8, 4) is 0 Å². The van der Waals surface area contributed by atoms with Gasteiger partial charge in [0, 0.05) is 18.8 Å². The molecule has 23 heavy (non-hydrogen) atoms. The van der Waals surface area contributed by atoms with Crippen LogP contribution in [0.3, 0.4) is 0 Å². The molecule has 1 aromatic rings. The third-order valence-corrected chi connectivity index (χ3v) is 4.80. The van der Waals surface area contributed by atoms with Crippen LogP contribution in [0.1, 0.15) is 70.4 Å². The van der Waals surface area contributed by atoms with Crippen molar-refractivity contribution in [2.24, 2.45) is 5.92 Å². The fourth-order valence-corrected chi connectivity index (χ4v) is 3.45. The maximum absolute atomic E-state index is 12.5. The summed E-state index contributed by atoms with van der Waals surface area (Å²) in [5, 5.41) is 3.47. The lowest BCUT2D eigenvalue weighted by molar-refractivity contribution is -0.130.